The van der Waals surface area contributed by atoms with Crippen molar-refractivity contribution in [3.05, 3.63) is 144 Å². The molecule has 0 saturated carbocycles. The van der Waals surface area contributed by atoms with Crippen LogP contribution >= 0.6 is 0 Å². The average molecular weight is 555 g/mol. The molecular weight excluding hydrogens is 520 g/mol. The predicted octanol–water partition coefficient (Wildman–Crippen LogP) is 6.50. The molecule has 5 aromatic carbocycles. The first kappa shape index (κ1) is 27.2. The third-order valence-corrected chi connectivity index (χ3v) is 7.65. The summed E-state index contributed by atoms with van der Waals surface area (Å²) < 4.78 is 6.02. The first-order valence-corrected chi connectivity index (χ1v) is 14.4. The number of rotatable bonds is 9. The maximum Gasteiger partial charge on any atom is 0.271 e. The molecule has 0 spiro atoms. The third kappa shape index (κ3) is 6.85. The number of carbonyl (C=O) groups is 1. The number of amides is 1. The Bertz CT molecular complexity index is 1640. The lowest BCUT2D eigenvalue weighted by atomic mass is 10.1. The molecule has 0 aliphatic carbocycles. The van der Waals surface area contributed by atoms with E-state index in [2.05, 4.69) is 81.0 Å². The highest BCUT2D eigenvalue weighted by atomic mass is 16.5. The van der Waals surface area contributed by atoms with Crippen LogP contribution in [-0.4, -0.2) is 43.2 Å². The SMILES string of the molecule is O=C(N/N=C\c1ccc(OCc2cccc3ccccc23)cc1)c1ccc(CN2CCN(c3ccccc3)CC2)cc1. The lowest BCUT2D eigenvalue weighted by molar-refractivity contribution is 0.0955. The van der Waals surface area contributed by atoms with E-state index < -0.39 is 0 Å². The van der Waals surface area contributed by atoms with Gasteiger partial charge in [0.1, 0.15) is 12.4 Å². The molecule has 0 bridgehead atoms. The summed E-state index contributed by atoms with van der Waals surface area (Å²) in [7, 11) is 0. The minimum absolute atomic E-state index is 0.232. The van der Waals surface area contributed by atoms with E-state index in [0.29, 0.717) is 12.2 Å². The van der Waals surface area contributed by atoms with Crippen molar-refractivity contribution < 1.29 is 9.53 Å². The molecule has 0 radical (unpaired) electrons. The molecule has 1 fully saturated rings. The maximum atomic E-state index is 12.6. The van der Waals surface area contributed by atoms with Crippen molar-refractivity contribution in [3.63, 3.8) is 0 Å². The molecule has 210 valence electrons. The van der Waals surface area contributed by atoms with Gasteiger partial charge < -0.3 is 9.64 Å². The number of ether oxygens (including phenoxy) is 1. The summed E-state index contributed by atoms with van der Waals surface area (Å²) in [6, 6.07) is 40.6. The van der Waals surface area contributed by atoms with Gasteiger partial charge in [0.15, 0.2) is 0 Å². The first-order valence-electron chi connectivity index (χ1n) is 14.4. The number of hydrazone groups is 1. The molecule has 6 heteroatoms. The van der Waals surface area contributed by atoms with Crippen LogP contribution in [0, 0.1) is 0 Å². The fraction of sp³-hybridized carbons (Fsp3) is 0.167. The highest BCUT2D eigenvalue weighted by Gasteiger charge is 2.17. The molecule has 1 amide bonds. The van der Waals surface area contributed by atoms with Gasteiger partial charge in [-0.05, 0) is 76.0 Å². The van der Waals surface area contributed by atoms with Crippen molar-refractivity contribution in [3.8, 4) is 5.75 Å². The zero-order chi connectivity index (χ0) is 28.6. The van der Waals surface area contributed by atoms with E-state index in [-0.39, 0.29) is 5.91 Å². The highest BCUT2D eigenvalue weighted by molar-refractivity contribution is 5.95. The minimum Gasteiger partial charge on any atom is -0.489 e. The summed E-state index contributed by atoms with van der Waals surface area (Å²) in [4.78, 5) is 17.5. The number of carbonyl (C=O) groups excluding carboxylic acids is 1. The van der Waals surface area contributed by atoms with Crippen LogP contribution < -0.4 is 15.1 Å². The van der Waals surface area contributed by atoms with Crippen LogP contribution in [-0.2, 0) is 13.2 Å². The second-order valence-electron chi connectivity index (χ2n) is 10.5. The number of piperazine rings is 1. The number of anilines is 1. The first-order chi connectivity index (χ1) is 20.7. The predicted molar refractivity (Wildman–Crippen MR) is 170 cm³/mol. The Labute approximate surface area is 246 Å². The van der Waals surface area contributed by atoms with Gasteiger partial charge in [-0.2, -0.15) is 5.10 Å². The molecule has 1 saturated heterocycles. The molecule has 0 atom stereocenters. The van der Waals surface area contributed by atoms with Gasteiger partial charge in [0.25, 0.3) is 5.91 Å². The zero-order valence-corrected chi connectivity index (χ0v) is 23.5. The molecule has 5 aromatic rings. The quantitative estimate of drug-likeness (QED) is 0.167. The van der Waals surface area contributed by atoms with E-state index in [4.69, 9.17) is 4.74 Å². The van der Waals surface area contributed by atoms with Crippen molar-refractivity contribution in [1.82, 2.24) is 10.3 Å². The molecule has 6 nitrogen and oxygen atoms in total. The fourth-order valence-electron chi connectivity index (χ4n) is 5.28. The number of para-hydroxylation sites is 1. The van der Waals surface area contributed by atoms with Crippen molar-refractivity contribution in [1.29, 1.82) is 0 Å². The molecule has 1 aliphatic rings. The second-order valence-corrected chi connectivity index (χ2v) is 10.5. The monoisotopic (exact) mass is 554 g/mol. The smallest absolute Gasteiger partial charge is 0.271 e. The van der Waals surface area contributed by atoms with Crippen LogP contribution in [0.4, 0.5) is 5.69 Å². The van der Waals surface area contributed by atoms with Crippen LogP contribution in [0.1, 0.15) is 27.0 Å². The van der Waals surface area contributed by atoms with Gasteiger partial charge in [0.2, 0.25) is 0 Å². The van der Waals surface area contributed by atoms with Crippen LogP contribution in [0.25, 0.3) is 10.8 Å². The summed E-state index contributed by atoms with van der Waals surface area (Å²) in [5, 5.41) is 6.55. The molecule has 0 aromatic heterocycles. The van der Waals surface area contributed by atoms with Crippen molar-refractivity contribution >= 4 is 28.6 Å². The molecular formula is C36H34N4O2. The molecule has 42 heavy (non-hydrogen) atoms. The summed E-state index contributed by atoms with van der Waals surface area (Å²) >= 11 is 0. The van der Waals surface area contributed by atoms with Gasteiger partial charge in [-0.1, -0.05) is 72.8 Å². The van der Waals surface area contributed by atoms with Gasteiger partial charge in [-0.3, -0.25) is 9.69 Å². The lowest BCUT2D eigenvalue weighted by Crippen LogP contribution is -2.45. The van der Waals surface area contributed by atoms with Crippen LogP contribution in [0.3, 0.4) is 0 Å². The number of benzene rings is 5. The Balaban J connectivity index is 0.953. The molecule has 1 heterocycles. The number of hydrogen-bond acceptors (Lipinski definition) is 5. The highest BCUT2D eigenvalue weighted by Crippen LogP contribution is 2.21. The summed E-state index contributed by atoms with van der Waals surface area (Å²) in [5.74, 6) is 0.548. The van der Waals surface area contributed by atoms with Gasteiger partial charge in [-0.25, -0.2) is 5.43 Å². The van der Waals surface area contributed by atoms with E-state index in [0.717, 1.165) is 49.6 Å². The Morgan fingerprint density at radius 1 is 0.762 bits per heavy atom. The normalized spacial score (nSPS) is 13.9. The Hall–Kier alpha value is -4.94. The molecule has 1 aliphatic heterocycles. The lowest BCUT2D eigenvalue weighted by Gasteiger charge is -2.36. The van der Waals surface area contributed by atoms with E-state index in [9.17, 15) is 4.79 Å². The molecule has 6 rings (SSSR count). The topological polar surface area (TPSA) is 57.2 Å². The van der Waals surface area contributed by atoms with E-state index in [1.54, 1.807) is 6.21 Å². The number of fused-ring (bicyclic) bond motifs is 1. The van der Waals surface area contributed by atoms with Gasteiger partial charge >= 0.3 is 0 Å². The molecule has 0 unspecified atom stereocenters. The number of nitrogens with one attached hydrogen (secondary N) is 1. The van der Waals surface area contributed by atoms with Crippen LogP contribution in [0.2, 0.25) is 0 Å². The van der Waals surface area contributed by atoms with Gasteiger partial charge in [0.05, 0.1) is 6.21 Å². The van der Waals surface area contributed by atoms with E-state index >= 15 is 0 Å². The van der Waals surface area contributed by atoms with Crippen molar-refractivity contribution in [2.75, 3.05) is 31.1 Å². The summed E-state index contributed by atoms with van der Waals surface area (Å²) in [6.45, 7) is 5.44. The summed E-state index contributed by atoms with van der Waals surface area (Å²) in [6.07, 6.45) is 1.63. The number of hydrogen-bond donors (Lipinski definition) is 1. The Morgan fingerprint density at radius 2 is 1.48 bits per heavy atom. The Kier molecular flexibility index (Phi) is 8.53. The largest absolute Gasteiger partial charge is 0.489 e. The van der Waals surface area contributed by atoms with E-state index in [1.165, 1.54) is 22.0 Å². The Morgan fingerprint density at radius 3 is 2.26 bits per heavy atom. The zero-order valence-electron chi connectivity index (χ0n) is 23.5. The van der Waals surface area contributed by atoms with Crippen LogP contribution in [0.15, 0.2) is 126 Å². The maximum absolute atomic E-state index is 12.6. The molecule has 1 N–H and O–H groups in total. The van der Waals surface area contributed by atoms with Gasteiger partial charge in [-0.15, -0.1) is 0 Å². The summed E-state index contributed by atoms with van der Waals surface area (Å²) in [5.41, 5.74) is 7.72. The standard InChI is InChI=1S/C36H34N4O2/c41-36(31-17-13-29(14-18-31)26-39-21-23-40(24-22-39)33-10-2-1-3-11-33)38-37-25-28-15-19-34(20-16-28)42-27-32-9-6-8-30-7-4-5-12-35(30)32/h1-20,25H,21-24,26-27H2,(H,38,41)/b37-25-. The fourth-order valence-corrected chi connectivity index (χ4v) is 5.28. The average Bonchev–Trinajstić information content (AvgIpc) is 3.05. The minimum atomic E-state index is -0.232. The number of nitrogens with zero attached hydrogens (tertiary/aromatic N) is 3. The van der Waals surface area contributed by atoms with E-state index in [1.807, 2.05) is 60.7 Å². The second kappa shape index (κ2) is 13.1. The third-order valence-electron chi connectivity index (χ3n) is 7.65. The van der Waals surface area contributed by atoms with Crippen LogP contribution in [0.5, 0.6) is 5.75 Å². The van der Waals surface area contributed by atoms with Crippen molar-refractivity contribution in [2.24, 2.45) is 5.10 Å². The van der Waals surface area contributed by atoms with Gasteiger partial charge in [0, 0.05) is 44.0 Å². The van der Waals surface area contributed by atoms with Crippen molar-refractivity contribution in [2.45, 2.75) is 13.2 Å².